The largest absolute Gasteiger partial charge is 0.385 e. The second kappa shape index (κ2) is 9.27. The van der Waals surface area contributed by atoms with Crippen molar-refractivity contribution in [1.29, 1.82) is 0 Å². The molecule has 0 radical (unpaired) electrons. The van der Waals surface area contributed by atoms with Crippen LogP contribution in [-0.4, -0.2) is 36.0 Å². The minimum Gasteiger partial charge on any atom is -0.385 e. The molecule has 2 aromatic carbocycles. The third kappa shape index (κ3) is 4.40. The van der Waals surface area contributed by atoms with Crippen molar-refractivity contribution in [2.24, 2.45) is 0 Å². The summed E-state index contributed by atoms with van der Waals surface area (Å²) < 4.78 is 17.7. The summed E-state index contributed by atoms with van der Waals surface area (Å²) >= 11 is 0. The molecule has 0 saturated carbocycles. The maximum Gasteiger partial charge on any atom is 0.283 e. The van der Waals surface area contributed by atoms with Gasteiger partial charge < -0.3 is 15.7 Å². The lowest BCUT2D eigenvalue weighted by atomic mass is 9.78. The van der Waals surface area contributed by atoms with Gasteiger partial charge in [-0.3, -0.25) is 4.79 Å². The highest BCUT2D eigenvalue weighted by atomic mass is 19.1. The van der Waals surface area contributed by atoms with Gasteiger partial charge in [-0.2, -0.15) is 4.98 Å². The Bertz CT molecular complexity index is 1820. The molecule has 0 saturated heterocycles. The van der Waals surface area contributed by atoms with E-state index < -0.39 is 17.0 Å². The van der Waals surface area contributed by atoms with Crippen LogP contribution in [0.15, 0.2) is 71.7 Å². The third-order valence-electron chi connectivity index (χ3n) is 7.32. The maximum absolute atomic E-state index is 15.0. The fourth-order valence-electron chi connectivity index (χ4n) is 5.11. The van der Waals surface area contributed by atoms with Crippen molar-refractivity contribution in [2.75, 3.05) is 17.2 Å². The number of hydrogen-bond acceptors (Lipinski definition) is 7. The molecule has 0 spiro atoms. The predicted molar refractivity (Wildman–Crippen MR) is 153 cm³/mol. The Kier molecular flexibility index (Phi) is 5.95. The molecule has 0 aliphatic carbocycles. The van der Waals surface area contributed by atoms with E-state index >= 15 is 4.39 Å². The van der Waals surface area contributed by atoms with E-state index in [4.69, 9.17) is 4.98 Å². The van der Waals surface area contributed by atoms with Crippen molar-refractivity contribution >= 4 is 28.4 Å². The van der Waals surface area contributed by atoms with E-state index in [1.165, 1.54) is 33.3 Å². The van der Waals surface area contributed by atoms with Gasteiger partial charge in [-0.25, -0.2) is 23.7 Å². The Balaban J connectivity index is 1.52. The zero-order valence-corrected chi connectivity index (χ0v) is 22.7. The fourth-order valence-corrected chi connectivity index (χ4v) is 5.11. The summed E-state index contributed by atoms with van der Waals surface area (Å²) in [6.07, 6.45) is 2.48. The van der Waals surface area contributed by atoms with Crippen molar-refractivity contribution < 1.29 is 9.50 Å². The van der Waals surface area contributed by atoms with E-state index in [9.17, 15) is 9.90 Å². The SMILES string of the molecule is CC(C)(O)c1cccc(-n2c3nc(Nc4ccc5c(c4)NCCC5(C)C)ncc3c(=O)n2-c2ccccc2F)n1. The standard InChI is InChI=1S/C30H30FN7O2/c1-29(2)14-15-32-22-16-18(12-13-20(22)29)34-28-33-17-19-26(36-28)38(25-11-7-10-24(35-25)30(3,4)40)37(27(19)39)23-9-6-5-8-21(23)31/h5-13,16-17,32,40H,14-15H2,1-4H3,(H,33,34,36). The van der Waals surface area contributed by atoms with Crippen LogP contribution in [0.2, 0.25) is 0 Å². The summed E-state index contributed by atoms with van der Waals surface area (Å²) in [4.78, 5) is 27.3. The van der Waals surface area contributed by atoms with Crippen LogP contribution in [0.4, 0.5) is 21.7 Å². The van der Waals surface area contributed by atoms with Crippen LogP contribution in [-0.2, 0) is 11.0 Å². The lowest BCUT2D eigenvalue weighted by Gasteiger charge is -2.33. The molecule has 0 unspecified atom stereocenters. The molecule has 9 nitrogen and oxygen atoms in total. The number of fused-ring (bicyclic) bond motifs is 2. The molecule has 10 heteroatoms. The molecule has 0 fully saturated rings. The van der Waals surface area contributed by atoms with E-state index in [-0.39, 0.29) is 28.1 Å². The molecule has 5 aromatic rings. The van der Waals surface area contributed by atoms with Crippen molar-refractivity contribution in [1.82, 2.24) is 24.3 Å². The molecule has 4 heterocycles. The van der Waals surface area contributed by atoms with Gasteiger partial charge in [0, 0.05) is 24.1 Å². The lowest BCUT2D eigenvalue weighted by Crippen LogP contribution is -2.28. The maximum atomic E-state index is 15.0. The Morgan fingerprint density at radius 3 is 2.62 bits per heavy atom. The van der Waals surface area contributed by atoms with Crippen LogP contribution in [0, 0.1) is 5.82 Å². The Morgan fingerprint density at radius 1 is 1.05 bits per heavy atom. The van der Waals surface area contributed by atoms with Crippen LogP contribution < -0.4 is 16.2 Å². The number of nitrogens with zero attached hydrogens (tertiary/aromatic N) is 5. The molecule has 0 bridgehead atoms. The molecule has 1 aliphatic rings. The average molecular weight is 540 g/mol. The van der Waals surface area contributed by atoms with Gasteiger partial charge in [-0.15, -0.1) is 0 Å². The molecule has 3 N–H and O–H groups in total. The van der Waals surface area contributed by atoms with Crippen LogP contribution in [0.25, 0.3) is 22.5 Å². The first-order valence-corrected chi connectivity index (χ1v) is 13.1. The van der Waals surface area contributed by atoms with E-state index in [0.717, 1.165) is 24.3 Å². The van der Waals surface area contributed by atoms with E-state index in [2.05, 4.69) is 40.5 Å². The topological polar surface area (TPSA) is 110 Å². The zero-order chi connectivity index (χ0) is 28.2. The summed E-state index contributed by atoms with van der Waals surface area (Å²) in [7, 11) is 0. The van der Waals surface area contributed by atoms with Gasteiger partial charge in [-0.05, 0) is 67.6 Å². The van der Waals surface area contributed by atoms with E-state index in [0.29, 0.717) is 11.5 Å². The minimum atomic E-state index is -1.24. The Morgan fingerprint density at radius 2 is 1.85 bits per heavy atom. The predicted octanol–water partition coefficient (Wildman–Crippen LogP) is 5.17. The normalized spacial score (nSPS) is 14.6. The zero-order valence-electron chi connectivity index (χ0n) is 22.7. The van der Waals surface area contributed by atoms with Gasteiger partial charge >= 0.3 is 0 Å². The van der Waals surface area contributed by atoms with Crippen LogP contribution in [0.3, 0.4) is 0 Å². The quantitative estimate of drug-likeness (QED) is 0.283. The highest BCUT2D eigenvalue weighted by Gasteiger charge is 2.28. The number of halogens is 1. The number of pyridine rings is 1. The second-order valence-electron chi connectivity index (χ2n) is 11.2. The minimum absolute atomic E-state index is 0.0406. The average Bonchev–Trinajstić information content (AvgIpc) is 3.19. The van der Waals surface area contributed by atoms with Crippen molar-refractivity contribution in [3.05, 3.63) is 94.3 Å². The number of aromatic nitrogens is 5. The van der Waals surface area contributed by atoms with Crippen molar-refractivity contribution in [3.63, 3.8) is 0 Å². The van der Waals surface area contributed by atoms with Gasteiger partial charge in [0.05, 0.1) is 5.69 Å². The number of nitrogens with one attached hydrogen (secondary N) is 2. The molecule has 0 amide bonds. The van der Waals surface area contributed by atoms with Crippen LogP contribution in [0.5, 0.6) is 0 Å². The van der Waals surface area contributed by atoms with Gasteiger partial charge in [0.1, 0.15) is 22.5 Å². The van der Waals surface area contributed by atoms with E-state index in [1.807, 2.05) is 12.1 Å². The van der Waals surface area contributed by atoms with Gasteiger partial charge in [-0.1, -0.05) is 38.1 Å². The molecule has 204 valence electrons. The van der Waals surface area contributed by atoms with E-state index in [1.54, 1.807) is 44.2 Å². The molecule has 1 aliphatic heterocycles. The first-order valence-electron chi connectivity index (χ1n) is 13.1. The van der Waals surface area contributed by atoms with Crippen molar-refractivity contribution in [3.8, 4) is 11.5 Å². The molecule has 6 rings (SSSR count). The number of rotatable bonds is 5. The first kappa shape index (κ1) is 25.7. The highest BCUT2D eigenvalue weighted by Crippen LogP contribution is 2.38. The summed E-state index contributed by atoms with van der Waals surface area (Å²) in [6, 6.07) is 17.2. The summed E-state index contributed by atoms with van der Waals surface area (Å²) in [5.41, 5.74) is 2.09. The number of para-hydroxylation sites is 1. The molecular weight excluding hydrogens is 509 g/mol. The number of aliphatic hydroxyl groups is 1. The fraction of sp³-hybridized carbons (Fsp3) is 0.267. The smallest absolute Gasteiger partial charge is 0.283 e. The highest BCUT2D eigenvalue weighted by molar-refractivity contribution is 5.78. The molecule has 0 atom stereocenters. The van der Waals surface area contributed by atoms with Crippen LogP contribution in [0.1, 0.15) is 45.4 Å². The molecule has 3 aromatic heterocycles. The van der Waals surface area contributed by atoms with Gasteiger partial charge in [0.25, 0.3) is 5.56 Å². The third-order valence-corrected chi connectivity index (χ3v) is 7.32. The van der Waals surface area contributed by atoms with Gasteiger partial charge in [0.15, 0.2) is 11.5 Å². The molecule has 40 heavy (non-hydrogen) atoms. The second-order valence-corrected chi connectivity index (χ2v) is 11.2. The van der Waals surface area contributed by atoms with Crippen LogP contribution >= 0.6 is 0 Å². The first-order chi connectivity index (χ1) is 19.0. The van der Waals surface area contributed by atoms with Gasteiger partial charge in [0.2, 0.25) is 5.95 Å². The Labute approximate surface area is 230 Å². The summed E-state index contributed by atoms with van der Waals surface area (Å²) in [5, 5.41) is 17.5. The molecular formula is C30H30FN7O2. The monoisotopic (exact) mass is 539 g/mol. The number of hydrogen-bond donors (Lipinski definition) is 3. The number of benzene rings is 2. The summed E-state index contributed by atoms with van der Waals surface area (Å²) in [6.45, 7) is 8.60. The summed E-state index contributed by atoms with van der Waals surface area (Å²) in [5.74, 6) is -0.0245. The lowest BCUT2D eigenvalue weighted by molar-refractivity contribution is 0.0738. The number of anilines is 3. The Hall–Kier alpha value is -4.57. The van der Waals surface area contributed by atoms with Crippen molar-refractivity contribution in [2.45, 2.75) is 45.1 Å².